The Bertz CT molecular complexity index is 543. The van der Waals surface area contributed by atoms with Crippen molar-refractivity contribution in [2.75, 3.05) is 12.3 Å². The van der Waals surface area contributed by atoms with E-state index >= 15 is 0 Å². The van der Waals surface area contributed by atoms with Gasteiger partial charge in [-0.2, -0.15) is 0 Å². The number of carbonyl (C=O) groups excluding carboxylic acids is 2. The lowest BCUT2D eigenvalue weighted by molar-refractivity contribution is -0.145. The van der Waals surface area contributed by atoms with Crippen LogP contribution in [0, 0.1) is 0 Å². The lowest BCUT2D eigenvalue weighted by atomic mass is 9.97. The summed E-state index contributed by atoms with van der Waals surface area (Å²) in [4.78, 5) is 25.1. The Balaban J connectivity index is 2.25. The molecule has 2 amide bonds. The van der Waals surface area contributed by atoms with Gasteiger partial charge in [0.15, 0.2) is 0 Å². The standard InChI is InChI=1S/C13H16ClN3O2/c1-13(2)12(19)16-11(18)7-17(13)6-8-3-4-9(15)5-10(8)14/h3-5H,6-7,15H2,1-2H3,(H,16,18,19). The molecular weight excluding hydrogens is 266 g/mol. The summed E-state index contributed by atoms with van der Waals surface area (Å²) in [5, 5.41) is 2.87. The molecule has 1 heterocycles. The van der Waals surface area contributed by atoms with Crippen LogP contribution in [0.1, 0.15) is 19.4 Å². The van der Waals surface area contributed by atoms with Crippen molar-refractivity contribution in [2.24, 2.45) is 0 Å². The largest absolute Gasteiger partial charge is 0.399 e. The third-order valence-electron chi connectivity index (χ3n) is 3.37. The van der Waals surface area contributed by atoms with Crippen LogP contribution in [0.15, 0.2) is 18.2 Å². The predicted octanol–water partition coefficient (Wildman–Crippen LogP) is 1.16. The molecule has 1 aromatic carbocycles. The Morgan fingerprint density at radius 1 is 1.42 bits per heavy atom. The molecule has 1 fully saturated rings. The summed E-state index contributed by atoms with van der Waals surface area (Å²) in [6.45, 7) is 4.14. The van der Waals surface area contributed by atoms with Crippen LogP contribution in [-0.4, -0.2) is 28.8 Å². The monoisotopic (exact) mass is 281 g/mol. The fourth-order valence-electron chi connectivity index (χ4n) is 1.98. The zero-order valence-electron chi connectivity index (χ0n) is 10.9. The molecule has 1 aromatic rings. The highest BCUT2D eigenvalue weighted by atomic mass is 35.5. The zero-order valence-corrected chi connectivity index (χ0v) is 11.6. The fourth-order valence-corrected chi connectivity index (χ4v) is 2.23. The normalized spacial score (nSPS) is 19.3. The van der Waals surface area contributed by atoms with Gasteiger partial charge in [-0.15, -0.1) is 0 Å². The molecule has 5 nitrogen and oxygen atoms in total. The number of imide groups is 1. The molecule has 0 saturated carbocycles. The molecule has 1 aliphatic rings. The maximum atomic E-state index is 11.8. The minimum absolute atomic E-state index is 0.166. The van der Waals surface area contributed by atoms with Crippen molar-refractivity contribution in [1.29, 1.82) is 0 Å². The Labute approximate surface area is 116 Å². The fraction of sp³-hybridized carbons (Fsp3) is 0.385. The zero-order chi connectivity index (χ0) is 14.2. The van der Waals surface area contributed by atoms with E-state index in [0.717, 1.165) is 5.56 Å². The van der Waals surface area contributed by atoms with Crippen LogP contribution in [0.4, 0.5) is 5.69 Å². The highest BCUT2D eigenvalue weighted by Gasteiger charge is 2.40. The molecule has 19 heavy (non-hydrogen) atoms. The van der Waals surface area contributed by atoms with E-state index in [9.17, 15) is 9.59 Å². The number of nitrogens with zero attached hydrogens (tertiary/aromatic N) is 1. The van der Waals surface area contributed by atoms with Gasteiger partial charge in [0.25, 0.3) is 0 Å². The van der Waals surface area contributed by atoms with Crippen molar-refractivity contribution in [3.05, 3.63) is 28.8 Å². The number of nitrogens with two attached hydrogens (primary N) is 1. The average Bonchev–Trinajstić information content (AvgIpc) is 2.29. The number of anilines is 1. The molecule has 0 bridgehead atoms. The van der Waals surface area contributed by atoms with Crippen LogP contribution >= 0.6 is 11.6 Å². The molecule has 1 aliphatic heterocycles. The van der Waals surface area contributed by atoms with Crippen LogP contribution in [0.5, 0.6) is 0 Å². The molecule has 6 heteroatoms. The smallest absolute Gasteiger partial charge is 0.246 e. The minimum Gasteiger partial charge on any atom is -0.399 e. The van der Waals surface area contributed by atoms with Crippen LogP contribution in [0.25, 0.3) is 0 Å². The van der Waals surface area contributed by atoms with Gasteiger partial charge in [-0.25, -0.2) is 0 Å². The van der Waals surface area contributed by atoms with Crippen molar-refractivity contribution in [1.82, 2.24) is 10.2 Å². The van der Waals surface area contributed by atoms with E-state index in [-0.39, 0.29) is 18.4 Å². The van der Waals surface area contributed by atoms with Gasteiger partial charge in [-0.05, 0) is 31.5 Å². The number of amides is 2. The van der Waals surface area contributed by atoms with Crippen molar-refractivity contribution in [3.8, 4) is 0 Å². The maximum Gasteiger partial charge on any atom is 0.246 e. The highest BCUT2D eigenvalue weighted by molar-refractivity contribution is 6.31. The van der Waals surface area contributed by atoms with Crippen LogP contribution in [0.3, 0.4) is 0 Å². The van der Waals surface area contributed by atoms with E-state index in [2.05, 4.69) is 5.32 Å². The summed E-state index contributed by atoms with van der Waals surface area (Å²) in [7, 11) is 0. The summed E-state index contributed by atoms with van der Waals surface area (Å²) >= 11 is 6.12. The second kappa shape index (κ2) is 4.83. The van der Waals surface area contributed by atoms with Crippen molar-refractivity contribution in [3.63, 3.8) is 0 Å². The first-order valence-corrected chi connectivity index (χ1v) is 6.32. The number of benzene rings is 1. The van der Waals surface area contributed by atoms with E-state index in [1.54, 1.807) is 30.9 Å². The van der Waals surface area contributed by atoms with E-state index in [0.29, 0.717) is 17.3 Å². The van der Waals surface area contributed by atoms with E-state index in [4.69, 9.17) is 17.3 Å². The maximum absolute atomic E-state index is 11.8. The predicted molar refractivity (Wildman–Crippen MR) is 73.5 cm³/mol. The van der Waals surface area contributed by atoms with Crippen LogP contribution in [-0.2, 0) is 16.1 Å². The van der Waals surface area contributed by atoms with Crippen molar-refractivity contribution < 1.29 is 9.59 Å². The molecule has 0 spiro atoms. The molecule has 2 rings (SSSR count). The number of hydrogen-bond donors (Lipinski definition) is 2. The van der Waals surface area contributed by atoms with Crippen LogP contribution in [0.2, 0.25) is 5.02 Å². The first kappa shape index (κ1) is 13.8. The number of halogens is 1. The van der Waals surface area contributed by atoms with Gasteiger partial charge in [0.05, 0.1) is 12.1 Å². The molecule has 0 aromatic heterocycles. The second-order valence-corrected chi connectivity index (χ2v) is 5.55. The molecule has 1 saturated heterocycles. The summed E-state index contributed by atoms with van der Waals surface area (Å²) in [5.41, 5.74) is 6.31. The Hall–Kier alpha value is -1.59. The van der Waals surface area contributed by atoms with Crippen LogP contribution < -0.4 is 11.1 Å². The summed E-state index contributed by atoms with van der Waals surface area (Å²) in [6, 6.07) is 5.22. The number of nitrogens with one attached hydrogen (secondary N) is 1. The lowest BCUT2D eigenvalue weighted by Gasteiger charge is -2.40. The SMILES string of the molecule is CC1(C)C(=O)NC(=O)CN1Cc1ccc(N)cc1Cl. The van der Waals surface area contributed by atoms with Crippen molar-refractivity contribution >= 4 is 29.1 Å². The number of carbonyl (C=O) groups is 2. The second-order valence-electron chi connectivity index (χ2n) is 5.14. The molecule has 0 atom stereocenters. The van der Waals surface area contributed by atoms with Crippen molar-refractivity contribution in [2.45, 2.75) is 25.9 Å². The molecular formula is C13H16ClN3O2. The van der Waals surface area contributed by atoms with Gasteiger partial charge in [0, 0.05) is 17.3 Å². The first-order chi connectivity index (χ1) is 8.80. The molecule has 102 valence electrons. The van der Waals surface area contributed by atoms with Gasteiger partial charge < -0.3 is 5.73 Å². The Morgan fingerprint density at radius 2 is 2.11 bits per heavy atom. The molecule has 0 aliphatic carbocycles. The molecule has 0 radical (unpaired) electrons. The number of rotatable bonds is 2. The Morgan fingerprint density at radius 3 is 2.74 bits per heavy atom. The third-order valence-corrected chi connectivity index (χ3v) is 3.72. The van der Waals surface area contributed by atoms with Gasteiger partial charge in [0.2, 0.25) is 11.8 Å². The van der Waals surface area contributed by atoms with Gasteiger partial charge >= 0.3 is 0 Å². The van der Waals surface area contributed by atoms with E-state index in [1.165, 1.54) is 0 Å². The minimum atomic E-state index is -0.751. The van der Waals surface area contributed by atoms with E-state index < -0.39 is 5.54 Å². The van der Waals surface area contributed by atoms with Gasteiger partial charge in [-0.3, -0.25) is 19.8 Å². The summed E-state index contributed by atoms with van der Waals surface area (Å²) < 4.78 is 0. The average molecular weight is 282 g/mol. The molecule has 0 unspecified atom stereocenters. The molecule has 3 N–H and O–H groups in total. The van der Waals surface area contributed by atoms with Gasteiger partial charge in [0.1, 0.15) is 0 Å². The Kier molecular flexibility index (Phi) is 3.52. The highest BCUT2D eigenvalue weighted by Crippen LogP contribution is 2.25. The number of piperazine rings is 1. The quantitative estimate of drug-likeness (QED) is 0.630. The number of hydrogen-bond acceptors (Lipinski definition) is 4. The third kappa shape index (κ3) is 2.72. The summed E-state index contributed by atoms with van der Waals surface area (Å²) in [5.74, 6) is -0.591. The topological polar surface area (TPSA) is 75.4 Å². The number of nitrogen functional groups attached to an aromatic ring is 1. The van der Waals surface area contributed by atoms with Gasteiger partial charge in [-0.1, -0.05) is 17.7 Å². The summed E-state index contributed by atoms with van der Waals surface area (Å²) in [6.07, 6.45) is 0. The first-order valence-electron chi connectivity index (χ1n) is 5.94. The lowest BCUT2D eigenvalue weighted by Crippen LogP contribution is -2.63. The van der Waals surface area contributed by atoms with E-state index in [1.807, 2.05) is 6.07 Å².